The molecule has 20 heavy (non-hydrogen) atoms. The van der Waals surface area contributed by atoms with E-state index in [-0.39, 0.29) is 0 Å². The molecule has 2 aromatic carbocycles. The number of anilines is 2. The van der Waals surface area contributed by atoms with Gasteiger partial charge in [-0.15, -0.1) is 0 Å². The standard InChI is InChI=1S/C16H18N4/c1-3-18-20(16-12-8-5-9-13-16)14-19(17-2)15-10-6-4-7-11-15/h3-13H,2,14H2,1H3/b18-3+. The Kier molecular flexibility index (Phi) is 4.89. The van der Waals surface area contributed by atoms with Crippen LogP contribution in [0.4, 0.5) is 11.4 Å². The number of hydrogen-bond donors (Lipinski definition) is 0. The first kappa shape index (κ1) is 13.8. The Morgan fingerprint density at radius 2 is 1.40 bits per heavy atom. The lowest BCUT2D eigenvalue weighted by Gasteiger charge is -2.26. The number of nitrogens with zero attached hydrogens (tertiary/aromatic N) is 4. The summed E-state index contributed by atoms with van der Waals surface area (Å²) in [7, 11) is 0. The minimum absolute atomic E-state index is 0.502. The molecule has 0 aromatic heterocycles. The van der Waals surface area contributed by atoms with Gasteiger partial charge in [-0.1, -0.05) is 36.4 Å². The van der Waals surface area contributed by atoms with Gasteiger partial charge in [0, 0.05) is 12.9 Å². The largest absolute Gasteiger partial charge is 0.244 e. The number of hydrazone groups is 2. The molecule has 0 unspecified atom stereocenters. The van der Waals surface area contributed by atoms with Crippen molar-refractivity contribution in [1.82, 2.24) is 0 Å². The molecule has 4 nitrogen and oxygen atoms in total. The van der Waals surface area contributed by atoms with Gasteiger partial charge in [0.25, 0.3) is 0 Å². The monoisotopic (exact) mass is 266 g/mol. The van der Waals surface area contributed by atoms with Crippen LogP contribution >= 0.6 is 0 Å². The molecule has 2 aromatic rings. The molecule has 4 heteroatoms. The first-order valence-corrected chi connectivity index (χ1v) is 6.45. The van der Waals surface area contributed by atoms with Gasteiger partial charge in [-0.2, -0.15) is 10.2 Å². The van der Waals surface area contributed by atoms with Gasteiger partial charge in [0.05, 0.1) is 11.4 Å². The molecular formula is C16H18N4. The van der Waals surface area contributed by atoms with Crippen LogP contribution in [0, 0.1) is 0 Å². The summed E-state index contributed by atoms with van der Waals surface area (Å²) in [5.74, 6) is 0. The maximum absolute atomic E-state index is 4.39. The van der Waals surface area contributed by atoms with Crippen molar-refractivity contribution in [3.05, 3.63) is 60.7 Å². The summed E-state index contributed by atoms with van der Waals surface area (Å²) in [6, 6.07) is 19.9. The molecule has 0 radical (unpaired) electrons. The van der Waals surface area contributed by atoms with Crippen LogP contribution in [0.5, 0.6) is 0 Å². The molecule has 0 saturated carbocycles. The predicted molar refractivity (Wildman–Crippen MR) is 86.4 cm³/mol. The van der Waals surface area contributed by atoms with Crippen molar-refractivity contribution in [2.75, 3.05) is 16.7 Å². The summed E-state index contributed by atoms with van der Waals surface area (Å²) < 4.78 is 0. The molecule has 0 aliphatic carbocycles. The zero-order chi connectivity index (χ0) is 14.2. The fourth-order valence-corrected chi connectivity index (χ4v) is 1.86. The summed E-state index contributed by atoms with van der Waals surface area (Å²) in [6.45, 7) is 6.04. The van der Waals surface area contributed by atoms with Gasteiger partial charge in [0.15, 0.2) is 0 Å². The molecule has 0 heterocycles. The van der Waals surface area contributed by atoms with E-state index in [1.165, 1.54) is 0 Å². The molecule has 0 bridgehead atoms. The summed E-state index contributed by atoms with van der Waals surface area (Å²) in [4.78, 5) is 0. The Balaban J connectivity index is 2.21. The summed E-state index contributed by atoms with van der Waals surface area (Å²) in [5, 5.41) is 12.1. The molecule has 0 fully saturated rings. The van der Waals surface area contributed by atoms with Crippen molar-refractivity contribution in [2.45, 2.75) is 6.92 Å². The molecular weight excluding hydrogens is 248 g/mol. The molecule has 0 aliphatic rings. The Morgan fingerprint density at radius 3 is 1.85 bits per heavy atom. The van der Waals surface area contributed by atoms with Crippen LogP contribution < -0.4 is 10.0 Å². The van der Waals surface area contributed by atoms with E-state index in [2.05, 4.69) is 16.9 Å². The molecule has 0 aliphatic heterocycles. The van der Waals surface area contributed by atoms with Crippen LogP contribution in [0.3, 0.4) is 0 Å². The van der Waals surface area contributed by atoms with Crippen molar-refractivity contribution in [3.63, 3.8) is 0 Å². The smallest absolute Gasteiger partial charge is 0.134 e. The molecule has 0 spiro atoms. The lowest BCUT2D eigenvalue weighted by molar-refractivity contribution is 0.779. The highest BCUT2D eigenvalue weighted by Gasteiger charge is 2.10. The van der Waals surface area contributed by atoms with Gasteiger partial charge in [-0.05, 0) is 31.2 Å². The highest BCUT2D eigenvalue weighted by Crippen LogP contribution is 2.18. The number of para-hydroxylation sites is 2. The van der Waals surface area contributed by atoms with E-state index in [0.717, 1.165) is 11.4 Å². The molecule has 2 rings (SSSR count). The maximum atomic E-state index is 4.39. The fourth-order valence-electron chi connectivity index (χ4n) is 1.86. The average Bonchev–Trinajstić information content (AvgIpc) is 2.53. The minimum Gasteiger partial charge on any atom is -0.244 e. The summed E-state index contributed by atoms with van der Waals surface area (Å²) in [5.41, 5.74) is 1.99. The Bertz CT molecular complexity index is 551. The third kappa shape index (κ3) is 3.45. The van der Waals surface area contributed by atoms with Gasteiger partial charge in [-0.3, -0.25) is 0 Å². The number of rotatable bonds is 6. The summed E-state index contributed by atoms with van der Waals surface area (Å²) in [6.07, 6.45) is 1.76. The molecule has 0 amide bonds. The van der Waals surface area contributed by atoms with Crippen molar-refractivity contribution < 1.29 is 0 Å². The molecule has 0 saturated heterocycles. The lowest BCUT2D eigenvalue weighted by atomic mass is 10.3. The summed E-state index contributed by atoms with van der Waals surface area (Å²) >= 11 is 0. The van der Waals surface area contributed by atoms with Crippen molar-refractivity contribution in [3.8, 4) is 0 Å². The van der Waals surface area contributed by atoms with E-state index >= 15 is 0 Å². The lowest BCUT2D eigenvalue weighted by Crippen LogP contribution is -2.31. The normalized spacial score (nSPS) is 10.4. The van der Waals surface area contributed by atoms with E-state index < -0.39 is 0 Å². The second-order valence-electron chi connectivity index (χ2n) is 4.13. The van der Waals surface area contributed by atoms with Crippen LogP contribution in [-0.4, -0.2) is 19.6 Å². The van der Waals surface area contributed by atoms with Gasteiger partial charge in [0.1, 0.15) is 6.67 Å². The van der Waals surface area contributed by atoms with Gasteiger partial charge < -0.3 is 0 Å². The van der Waals surface area contributed by atoms with Crippen molar-refractivity contribution in [2.24, 2.45) is 10.2 Å². The zero-order valence-corrected chi connectivity index (χ0v) is 11.6. The first-order valence-electron chi connectivity index (χ1n) is 6.45. The number of hydrogen-bond acceptors (Lipinski definition) is 4. The zero-order valence-electron chi connectivity index (χ0n) is 11.6. The Hall–Kier alpha value is -2.62. The molecule has 102 valence electrons. The Morgan fingerprint density at radius 1 is 0.900 bits per heavy atom. The van der Waals surface area contributed by atoms with E-state index in [0.29, 0.717) is 6.67 Å². The minimum atomic E-state index is 0.502. The van der Waals surface area contributed by atoms with Crippen LogP contribution in [0.2, 0.25) is 0 Å². The maximum Gasteiger partial charge on any atom is 0.134 e. The average molecular weight is 266 g/mol. The SMILES string of the molecule is C=NN(CN(/N=C/C)c1ccccc1)c1ccccc1. The molecule has 0 N–H and O–H groups in total. The first-order chi connectivity index (χ1) is 9.85. The fraction of sp³-hybridized carbons (Fsp3) is 0.125. The van der Waals surface area contributed by atoms with Crippen LogP contribution in [0.1, 0.15) is 6.92 Å². The van der Waals surface area contributed by atoms with E-state index in [1.54, 1.807) is 11.2 Å². The predicted octanol–water partition coefficient (Wildman–Crippen LogP) is 3.58. The quantitative estimate of drug-likeness (QED) is 0.454. The van der Waals surface area contributed by atoms with Gasteiger partial charge in [0.2, 0.25) is 0 Å². The van der Waals surface area contributed by atoms with Crippen LogP contribution in [0.25, 0.3) is 0 Å². The van der Waals surface area contributed by atoms with Crippen LogP contribution in [0.15, 0.2) is 70.9 Å². The van der Waals surface area contributed by atoms with Gasteiger partial charge >= 0.3 is 0 Å². The van der Waals surface area contributed by atoms with E-state index in [4.69, 9.17) is 0 Å². The van der Waals surface area contributed by atoms with Crippen molar-refractivity contribution >= 4 is 24.3 Å². The third-order valence-corrected chi connectivity index (χ3v) is 2.80. The third-order valence-electron chi connectivity index (χ3n) is 2.80. The van der Waals surface area contributed by atoms with E-state index in [1.807, 2.05) is 72.6 Å². The molecule has 0 atom stereocenters. The highest BCUT2D eigenvalue weighted by atomic mass is 15.6. The second kappa shape index (κ2) is 7.09. The number of benzene rings is 2. The second-order valence-corrected chi connectivity index (χ2v) is 4.13. The van der Waals surface area contributed by atoms with Gasteiger partial charge in [-0.25, -0.2) is 10.0 Å². The topological polar surface area (TPSA) is 31.2 Å². The highest BCUT2D eigenvalue weighted by molar-refractivity contribution is 5.58. The van der Waals surface area contributed by atoms with Crippen LogP contribution in [-0.2, 0) is 0 Å². The van der Waals surface area contributed by atoms with E-state index in [9.17, 15) is 0 Å². The Labute approximate surface area is 119 Å². The van der Waals surface area contributed by atoms with Crippen molar-refractivity contribution in [1.29, 1.82) is 0 Å².